The number of benzene rings is 2. The highest BCUT2D eigenvalue weighted by Gasteiger charge is 2.09. The van der Waals surface area contributed by atoms with Crippen molar-refractivity contribution in [3.05, 3.63) is 71.3 Å². The van der Waals surface area contributed by atoms with E-state index in [1.165, 1.54) is 6.08 Å². The molecule has 2 rings (SSSR count). The molecule has 0 bridgehead atoms. The molecule has 0 spiro atoms. The average molecular weight is 440 g/mol. The van der Waals surface area contributed by atoms with Crippen LogP contribution < -0.4 is 10.6 Å². The Morgan fingerprint density at radius 2 is 1.68 bits per heavy atom. The quantitative estimate of drug-likeness (QED) is 0.349. The van der Waals surface area contributed by atoms with Gasteiger partial charge in [-0.25, -0.2) is 4.79 Å². The summed E-state index contributed by atoms with van der Waals surface area (Å²) < 4.78 is 5.31. The molecule has 2 aromatic rings. The summed E-state index contributed by atoms with van der Waals surface area (Å²) in [6, 6.07) is 14.6. The lowest BCUT2D eigenvalue weighted by Crippen LogP contribution is -2.32. The summed E-state index contributed by atoms with van der Waals surface area (Å²) in [6.07, 6.45) is 3.15. The van der Waals surface area contributed by atoms with Crippen LogP contribution in [0.4, 0.5) is 5.69 Å². The molecule has 1 amide bonds. The van der Waals surface area contributed by atoms with Gasteiger partial charge in [0.25, 0.3) is 0 Å². The molecule has 2 N–H and O–H groups in total. The molecule has 0 unspecified atom stereocenters. The van der Waals surface area contributed by atoms with Crippen molar-refractivity contribution in [2.45, 2.75) is 20.8 Å². The zero-order valence-electron chi connectivity index (χ0n) is 18.2. The van der Waals surface area contributed by atoms with Crippen LogP contribution >= 0.6 is 12.2 Å². The van der Waals surface area contributed by atoms with Gasteiger partial charge in [0.05, 0.1) is 5.56 Å². The first-order valence-electron chi connectivity index (χ1n) is 10.3. The molecule has 2 aromatic carbocycles. The summed E-state index contributed by atoms with van der Waals surface area (Å²) in [6.45, 7) is 9.07. The minimum atomic E-state index is -0.365. The fourth-order valence-electron chi connectivity index (χ4n) is 2.75. The highest BCUT2D eigenvalue weighted by Crippen LogP contribution is 2.11. The number of thiocarbonyl (C=S) groups is 1. The second-order valence-corrected chi connectivity index (χ2v) is 7.34. The lowest BCUT2D eigenvalue weighted by molar-refractivity contribution is -0.115. The van der Waals surface area contributed by atoms with Gasteiger partial charge in [0.15, 0.2) is 5.11 Å². The highest BCUT2D eigenvalue weighted by molar-refractivity contribution is 7.80. The largest absolute Gasteiger partial charge is 0.461 e. The average Bonchev–Trinajstić information content (AvgIpc) is 2.76. The van der Waals surface area contributed by atoms with Crippen LogP contribution in [0.3, 0.4) is 0 Å². The van der Waals surface area contributed by atoms with Crippen LogP contribution in [0.25, 0.3) is 6.08 Å². The second-order valence-electron chi connectivity index (χ2n) is 6.93. The highest BCUT2D eigenvalue weighted by atomic mass is 32.1. The predicted molar refractivity (Wildman–Crippen MR) is 129 cm³/mol. The summed E-state index contributed by atoms with van der Waals surface area (Å²) >= 11 is 5.18. The number of ether oxygens (including phenoxy) is 1. The van der Waals surface area contributed by atoms with E-state index in [0.29, 0.717) is 24.4 Å². The Morgan fingerprint density at radius 3 is 2.29 bits per heavy atom. The van der Waals surface area contributed by atoms with E-state index in [0.717, 1.165) is 24.2 Å². The number of likely N-dealkylation sites (N-methyl/N-ethyl adjacent to an activating group) is 1. The van der Waals surface area contributed by atoms with Gasteiger partial charge in [0, 0.05) is 18.3 Å². The Bertz CT molecular complexity index is 905. The Balaban J connectivity index is 1.79. The smallest absolute Gasteiger partial charge is 0.338 e. The number of nitrogens with zero attached hydrogens (tertiary/aromatic N) is 1. The molecule has 0 radical (unpaired) electrons. The number of carbonyl (C=O) groups excluding carboxylic acids is 2. The Morgan fingerprint density at radius 1 is 1.03 bits per heavy atom. The van der Waals surface area contributed by atoms with Gasteiger partial charge in [-0.15, -0.1) is 0 Å². The molecule has 0 saturated carbocycles. The van der Waals surface area contributed by atoms with Gasteiger partial charge < -0.3 is 15.0 Å². The van der Waals surface area contributed by atoms with Crippen molar-refractivity contribution in [2.24, 2.45) is 0 Å². The van der Waals surface area contributed by atoms with E-state index in [1.54, 1.807) is 30.3 Å². The van der Waals surface area contributed by atoms with Crippen molar-refractivity contribution in [1.82, 2.24) is 10.2 Å². The number of carbonyl (C=O) groups is 2. The van der Waals surface area contributed by atoms with Gasteiger partial charge in [-0.2, -0.15) is 0 Å². The zero-order chi connectivity index (χ0) is 22.6. The number of esters is 1. The second kappa shape index (κ2) is 12.6. The molecule has 0 atom stereocenters. The maximum atomic E-state index is 12.1. The van der Waals surface area contributed by atoms with Crippen molar-refractivity contribution in [2.75, 3.05) is 31.6 Å². The standard InChI is InChI=1S/C24H29N3O3S/c1-4-27(5-2)16-17-30-23(29)20-11-13-21(14-12-20)25-24(31)26-22(28)15-10-19-8-6-18(3)7-9-19/h6-15H,4-5,16-17H2,1-3H3,(H2,25,26,28,31)/b15-10+. The predicted octanol–water partition coefficient (Wildman–Crippen LogP) is 4.02. The van der Waals surface area contributed by atoms with Crippen molar-refractivity contribution in [3.63, 3.8) is 0 Å². The molecular weight excluding hydrogens is 410 g/mol. The summed E-state index contributed by atoms with van der Waals surface area (Å²) in [5.74, 6) is -0.692. The maximum Gasteiger partial charge on any atom is 0.338 e. The molecule has 0 aliphatic carbocycles. The monoisotopic (exact) mass is 439 g/mol. The number of aryl methyl sites for hydroxylation is 1. The molecule has 0 saturated heterocycles. The zero-order valence-corrected chi connectivity index (χ0v) is 19.0. The lowest BCUT2D eigenvalue weighted by atomic mass is 10.1. The first-order chi connectivity index (χ1) is 14.9. The van der Waals surface area contributed by atoms with Crippen LogP contribution in [0.15, 0.2) is 54.6 Å². The van der Waals surface area contributed by atoms with Crippen LogP contribution in [-0.2, 0) is 9.53 Å². The van der Waals surface area contributed by atoms with E-state index in [-0.39, 0.29) is 17.0 Å². The van der Waals surface area contributed by atoms with Crippen molar-refractivity contribution in [3.8, 4) is 0 Å². The van der Waals surface area contributed by atoms with Gasteiger partial charge in [0.1, 0.15) is 6.61 Å². The lowest BCUT2D eigenvalue weighted by Gasteiger charge is -2.17. The third-order valence-electron chi connectivity index (χ3n) is 4.65. The van der Waals surface area contributed by atoms with Crippen LogP contribution in [0.1, 0.15) is 35.3 Å². The molecular formula is C24H29N3O3S. The molecule has 31 heavy (non-hydrogen) atoms. The topological polar surface area (TPSA) is 70.7 Å². The van der Waals surface area contributed by atoms with Crippen LogP contribution in [0, 0.1) is 6.92 Å². The van der Waals surface area contributed by atoms with E-state index in [2.05, 4.69) is 29.4 Å². The van der Waals surface area contributed by atoms with E-state index in [1.807, 2.05) is 31.2 Å². The van der Waals surface area contributed by atoms with Crippen LogP contribution in [0.2, 0.25) is 0 Å². The van der Waals surface area contributed by atoms with Gasteiger partial charge in [0.2, 0.25) is 5.91 Å². The molecule has 0 aromatic heterocycles. The molecule has 0 fully saturated rings. The van der Waals surface area contributed by atoms with Crippen molar-refractivity contribution < 1.29 is 14.3 Å². The molecule has 7 heteroatoms. The summed E-state index contributed by atoms with van der Waals surface area (Å²) in [4.78, 5) is 26.4. The maximum absolute atomic E-state index is 12.1. The summed E-state index contributed by atoms with van der Waals surface area (Å²) in [7, 11) is 0. The van der Waals surface area contributed by atoms with E-state index in [9.17, 15) is 9.59 Å². The Kier molecular flexibility index (Phi) is 9.87. The summed E-state index contributed by atoms with van der Waals surface area (Å²) in [5, 5.41) is 5.69. The minimum absolute atomic E-state index is 0.174. The number of anilines is 1. The van der Waals surface area contributed by atoms with E-state index in [4.69, 9.17) is 17.0 Å². The number of hydrogen-bond donors (Lipinski definition) is 2. The van der Waals surface area contributed by atoms with Crippen LogP contribution in [-0.4, -0.2) is 48.1 Å². The Hall–Kier alpha value is -3.03. The van der Waals surface area contributed by atoms with E-state index < -0.39 is 0 Å². The SMILES string of the molecule is CCN(CC)CCOC(=O)c1ccc(NC(=S)NC(=O)/C=C/c2ccc(C)cc2)cc1. The molecule has 0 aliphatic heterocycles. The van der Waals surface area contributed by atoms with Gasteiger partial charge >= 0.3 is 5.97 Å². The fourth-order valence-corrected chi connectivity index (χ4v) is 2.96. The number of rotatable bonds is 9. The van der Waals surface area contributed by atoms with Gasteiger partial charge in [-0.3, -0.25) is 10.1 Å². The third-order valence-corrected chi connectivity index (χ3v) is 4.86. The fraction of sp³-hybridized carbons (Fsp3) is 0.292. The van der Waals surface area contributed by atoms with E-state index >= 15 is 0 Å². The van der Waals surface area contributed by atoms with Crippen molar-refractivity contribution >= 4 is 41.0 Å². The summed E-state index contributed by atoms with van der Waals surface area (Å²) in [5.41, 5.74) is 3.21. The number of hydrogen-bond acceptors (Lipinski definition) is 5. The first kappa shape index (κ1) is 24.2. The van der Waals surface area contributed by atoms with Gasteiger partial charge in [-0.1, -0.05) is 43.7 Å². The first-order valence-corrected chi connectivity index (χ1v) is 10.7. The third kappa shape index (κ3) is 8.70. The number of nitrogens with one attached hydrogen (secondary N) is 2. The Labute approximate surface area is 189 Å². The van der Waals surface area contributed by atoms with Crippen molar-refractivity contribution in [1.29, 1.82) is 0 Å². The molecule has 164 valence electrons. The molecule has 0 aliphatic rings. The number of amides is 1. The molecule has 0 heterocycles. The normalized spacial score (nSPS) is 10.8. The minimum Gasteiger partial charge on any atom is -0.461 e. The van der Waals surface area contributed by atoms with Crippen LogP contribution in [0.5, 0.6) is 0 Å². The van der Waals surface area contributed by atoms with Gasteiger partial charge in [-0.05, 0) is 68.1 Å². The molecule has 6 nitrogen and oxygen atoms in total.